The number of oxazole rings is 1. The summed E-state index contributed by atoms with van der Waals surface area (Å²) in [4.78, 5) is 33.7. The molecule has 0 aliphatic rings. The van der Waals surface area contributed by atoms with Gasteiger partial charge in [0.2, 0.25) is 0 Å². The van der Waals surface area contributed by atoms with Crippen molar-refractivity contribution < 1.29 is 18.9 Å². The Morgan fingerprint density at radius 3 is 2.57 bits per heavy atom. The Morgan fingerprint density at radius 1 is 1.17 bits per heavy atom. The number of carbonyl (C=O) groups excluding carboxylic acids is 1. The lowest BCUT2D eigenvalue weighted by molar-refractivity contribution is -0.384. The van der Waals surface area contributed by atoms with E-state index in [-0.39, 0.29) is 18.0 Å². The van der Waals surface area contributed by atoms with E-state index >= 15 is 0 Å². The first-order valence-electron chi connectivity index (χ1n) is 6.58. The lowest BCUT2D eigenvalue weighted by atomic mass is 10.3. The van der Waals surface area contributed by atoms with Crippen LogP contribution >= 0.6 is 0 Å². The number of hydrogen-bond acceptors (Lipinski definition) is 6. The third kappa shape index (κ3) is 2.95. The second-order valence-electron chi connectivity index (χ2n) is 4.65. The number of ether oxygens (including phenoxy) is 1. The average molecular weight is 314 g/mol. The zero-order valence-corrected chi connectivity index (χ0v) is 11.7. The van der Waals surface area contributed by atoms with Crippen LogP contribution in [0.25, 0.3) is 11.1 Å². The van der Waals surface area contributed by atoms with Crippen LogP contribution in [-0.4, -0.2) is 15.5 Å². The molecule has 1 heterocycles. The van der Waals surface area contributed by atoms with Crippen LogP contribution in [0.15, 0.2) is 57.7 Å². The van der Waals surface area contributed by atoms with Crippen molar-refractivity contribution in [2.75, 3.05) is 0 Å². The zero-order valence-electron chi connectivity index (χ0n) is 11.7. The van der Waals surface area contributed by atoms with Crippen LogP contribution in [0.3, 0.4) is 0 Å². The lowest BCUT2D eigenvalue weighted by Gasteiger charge is -2.04. The topological polar surface area (TPSA) is 105 Å². The monoisotopic (exact) mass is 314 g/mol. The minimum absolute atomic E-state index is 0.109. The molecular weight excluding hydrogens is 304 g/mol. The molecule has 116 valence electrons. The predicted octanol–water partition coefficient (Wildman–Crippen LogP) is 2.11. The molecule has 0 saturated heterocycles. The normalized spacial score (nSPS) is 10.6. The maximum atomic E-state index is 11.9. The van der Waals surface area contributed by atoms with E-state index in [1.165, 1.54) is 24.3 Å². The highest BCUT2D eigenvalue weighted by Gasteiger charge is 2.14. The summed E-state index contributed by atoms with van der Waals surface area (Å²) in [5.41, 5.74) is 0.751. The second kappa shape index (κ2) is 5.76. The Hall–Kier alpha value is -3.42. The first-order valence-corrected chi connectivity index (χ1v) is 6.58. The number of fused-ring (bicyclic) bond motifs is 1. The summed E-state index contributed by atoms with van der Waals surface area (Å²) >= 11 is 0. The summed E-state index contributed by atoms with van der Waals surface area (Å²) < 4.78 is 11.2. The molecule has 0 radical (unpaired) electrons. The molecule has 0 fully saturated rings. The Morgan fingerprint density at radius 2 is 1.87 bits per heavy atom. The van der Waals surface area contributed by atoms with Crippen molar-refractivity contribution in [2.24, 2.45) is 0 Å². The van der Waals surface area contributed by atoms with Gasteiger partial charge in [0.15, 0.2) is 5.58 Å². The minimum Gasteiger partial charge on any atom is -0.425 e. The molecule has 0 unspecified atom stereocenters. The standard InChI is InChI=1S/C15H10N2O6/c18-14(22-11-7-5-10(6-8-11)17(20)21)9-16-12-3-1-2-4-13(12)23-15(16)19/h1-8H,9H2. The van der Waals surface area contributed by atoms with Crippen molar-refractivity contribution in [3.63, 3.8) is 0 Å². The molecule has 1 aromatic heterocycles. The molecule has 0 spiro atoms. The van der Waals surface area contributed by atoms with Gasteiger partial charge in [0.05, 0.1) is 10.4 Å². The van der Waals surface area contributed by atoms with Crippen molar-refractivity contribution in [1.82, 2.24) is 4.57 Å². The molecular formula is C15H10N2O6. The van der Waals surface area contributed by atoms with E-state index in [0.29, 0.717) is 11.1 Å². The number of nitro benzene ring substituents is 1. The van der Waals surface area contributed by atoms with Gasteiger partial charge in [-0.2, -0.15) is 0 Å². The van der Waals surface area contributed by atoms with Crippen LogP contribution < -0.4 is 10.5 Å². The highest BCUT2D eigenvalue weighted by Crippen LogP contribution is 2.18. The molecule has 3 rings (SSSR count). The molecule has 0 bridgehead atoms. The quantitative estimate of drug-likeness (QED) is 0.316. The summed E-state index contributed by atoms with van der Waals surface area (Å²) in [7, 11) is 0. The van der Waals surface area contributed by atoms with E-state index in [1.807, 2.05) is 0 Å². The average Bonchev–Trinajstić information content (AvgIpc) is 2.84. The summed E-state index contributed by atoms with van der Waals surface area (Å²) in [6.45, 7) is -0.327. The van der Waals surface area contributed by atoms with Gasteiger partial charge in [0.25, 0.3) is 5.69 Å². The van der Waals surface area contributed by atoms with Gasteiger partial charge < -0.3 is 9.15 Å². The molecule has 8 heteroatoms. The minimum atomic E-state index is -0.687. The van der Waals surface area contributed by atoms with Crippen molar-refractivity contribution in [1.29, 1.82) is 0 Å². The fourth-order valence-corrected chi connectivity index (χ4v) is 2.09. The third-order valence-electron chi connectivity index (χ3n) is 3.14. The van der Waals surface area contributed by atoms with Crippen molar-refractivity contribution in [2.45, 2.75) is 6.54 Å². The first-order chi connectivity index (χ1) is 11.0. The SMILES string of the molecule is O=C(Cn1c(=O)oc2ccccc21)Oc1ccc([N+](=O)[O-])cc1. The van der Waals surface area contributed by atoms with E-state index < -0.39 is 16.6 Å². The molecule has 0 amide bonds. The highest BCUT2D eigenvalue weighted by molar-refractivity contribution is 5.77. The Bertz CT molecular complexity index is 939. The number of nitrogens with zero attached hydrogens (tertiary/aromatic N) is 2. The van der Waals surface area contributed by atoms with E-state index in [9.17, 15) is 19.7 Å². The van der Waals surface area contributed by atoms with Crippen LogP contribution in [0, 0.1) is 10.1 Å². The van der Waals surface area contributed by atoms with Gasteiger partial charge in [-0.3, -0.25) is 14.7 Å². The van der Waals surface area contributed by atoms with Gasteiger partial charge in [0, 0.05) is 12.1 Å². The Balaban J connectivity index is 1.77. The van der Waals surface area contributed by atoms with Gasteiger partial charge in [-0.25, -0.2) is 9.59 Å². The fourth-order valence-electron chi connectivity index (χ4n) is 2.09. The molecule has 23 heavy (non-hydrogen) atoms. The molecule has 2 aromatic carbocycles. The first kappa shape index (κ1) is 14.5. The third-order valence-corrected chi connectivity index (χ3v) is 3.14. The van der Waals surface area contributed by atoms with E-state index in [0.717, 1.165) is 4.57 Å². The fraction of sp³-hybridized carbons (Fsp3) is 0.0667. The summed E-state index contributed by atoms with van der Waals surface area (Å²) in [6.07, 6.45) is 0. The molecule has 0 aliphatic carbocycles. The number of hydrogen-bond donors (Lipinski definition) is 0. The summed E-state index contributed by atoms with van der Waals surface area (Å²) in [5.74, 6) is -1.19. The molecule has 0 saturated carbocycles. The van der Waals surface area contributed by atoms with E-state index in [2.05, 4.69) is 0 Å². The molecule has 0 aliphatic heterocycles. The molecule has 3 aromatic rings. The van der Waals surface area contributed by atoms with Crippen molar-refractivity contribution in [3.05, 3.63) is 69.2 Å². The Labute approximate surface area is 128 Å². The van der Waals surface area contributed by atoms with Crippen LogP contribution in [0.4, 0.5) is 5.69 Å². The van der Waals surface area contributed by atoms with Gasteiger partial charge in [-0.05, 0) is 24.3 Å². The van der Waals surface area contributed by atoms with Gasteiger partial charge >= 0.3 is 11.7 Å². The predicted molar refractivity (Wildman–Crippen MR) is 79.2 cm³/mol. The summed E-state index contributed by atoms with van der Waals surface area (Å²) in [5, 5.41) is 10.6. The van der Waals surface area contributed by atoms with Crippen molar-refractivity contribution >= 4 is 22.8 Å². The number of carbonyl (C=O) groups is 1. The van der Waals surface area contributed by atoms with Gasteiger partial charge in [-0.1, -0.05) is 12.1 Å². The van der Waals surface area contributed by atoms with E-state index in [1.54, 1.807) is 24.3 Å². The largest absolute Gasteiger partial charge is 0.425 e. The van der Waals surface area contributed by atoms with Crippen LogP contribution in [0.2, 0.25) is 0 Å². The molecule has 0 N–H and O–H groups in total. The zero-order chi connectivity index (χ0) is 16.4. The maximum absolute atomic E-state index is 11.9. The number of para-hydroxylation sites is 2. The van der Waals surface area contributed by atoms with Crippen LogP contribution in [-0.2, 0) is 11.3 Å². The lowest BCUT2D eigenvalue weighted by Crippen LogP contribution is -2.23. The number of non-ortho nitro benzene ring substituents is 1. The van der Waals surface area contributed by atoms with Crippen LogP contribution in [0.1, 0.15) is 0 Å². The number of nitro groups is 1. The van der Waals surface area contributed by atoms with Gasteiger partial charge in [-0.15, -0.1) is 0 Å². The second-order valence-corrected chi connectivity index (χ2v) is 4.65. The maximum Gasteiger partial charge on any atom is 0.420 e. The van der Waals surface area contributed by atoms with Gasteiger partial charge in [0.1, 0.15) is 12.3 Å². The molecule has 0 atom stereocenters. The number of esters is 1. The number of aromatic nitrogens is 1. The summed E-state index contributed by atoms with van der Waals surface area (Å²) in [6, 6.07) is 11.8. The smallest absolute Gasteiger partial charge is 0.420 e. The van der Waals surface area contributed by atoms with Crippen molar-refractivity contribution in [3.8, 4) is 5.75 Å². The highest BCUT2D eigenvalue weighted by atomic mass is 16.6. The number of benzene rings is 2. The molecule has 8 nitrogen and oxygen atoms in total. The Kier molecular flexibility index (Phi) is 3.63. The number of rotatable bonds is 4. The van der Waals surface area contributed by atoms with E-state index in [4.69, 9.17) is 9.15 Å². The van der Waals surface area contributed by atoms with Crippen LogP contribution in [0.5, 0.6) is 5.75 Å².